The monoisotopic (exact) mass is 464 g/mol. The second kappa shape index (κ2) is 9.14. The van der Waals surface area contributed by atoms with Crippen LogP contribution >= 0.6 is 0 Å². The molecule has 0 aliphatic carbocycles. The van der Waals surface area contributed by atoms with Crippen LogP contribution in [0, 0.1) is 0 Å². The van der Waals surface area contributed by atoms with E-state index in [9.17, 15) is 18.0 Å². The lowest BCUT2D eigenvalue weighted by Gasteiger charge is -2.24. The third-order valence-electron chi connectivity index (χ3n) is 5.41. The number of aromatic amines is 1. The van der Waals surface area contributed by atoms with E-state index in [4.69, 9.17) is 4.74 Å². The summed E-state index contributed by atoms with van der Waals surface area (Å²) in [7, 11) is 2.61. The van der Waals surface area contributed by atoms with Crippen LogP contribution in [0.1, 0.15) is 18.4 Å². The van der Waals surface area contributed by atoms with Crippen molar-refractivity contribution in [2.24, 2.45) is 0 Å². The number of nitrogens with zero attached hydrogens (tertiary/aromatic N) is 2. The maximum Gasteiger partial charge on any atom is 0.419 e. The molecule has 176 valence electrons. The Bertz CT molecular complexity index is 1160. The van der Waals surface area contributed by atoms with Crippen LogP contribution < -0.4 is 20.7 Å². The molecule has 12 heteroatoms. The van der Waals surface area contributed by atoms with Gasteiger partial charge in [0.1, 0.15) is 5.56 Å². The molecule has 1 atom stereocenters. The summed E-state index contributed by atoms with van der Waals surface area (Å²) in [5.74, 6) is 0.371. The molecule has 2 aromatic heterocycles. The first-order chi connectivity index (χ1) is 15.8. The number of carbonyl (C=O) groups excluding carboxylic acids is 1. The van der Waals surface area contributed by atoms with E-state index in [1.54, 1.807) is 6.07 Å². The topological polar surface area (TPSA) is 113 Å². The zero-order valence-corrected chi connectivity index (χ0v) is 18.0. The number of anilines is 2. The summed E-state index contributed by atoms with van der Waals surface area (Å²) >= 11 is 0. The van der Waals surface area contributed by atoms with Crippen molar-refractivity contribution in [2.45, 2.75) is 25.1 Å². The Morgan fingerprint density at radius 3 is 2.76 bits per heavy atom. The Morgan fingerprint density at radius 1 is 1.27 bits per heavy atom. The van der Waals surface area contributed by atoms with E-state index >= 15 is 0 Å². The number of H-pyrrole nitrogens is 1. The number of halogens is 3. The smallest absolute Gasteiger partial charge is 0.419 e. The molecule has 0 radical (unpaired) electrons. The van der Waals surface area contributed by atoms with E-state index in [2.05, 4.69) is 35.6 Å². The van der Waals surface area contributed by atoms with Gasteiger partial charge in [-0.3, -0.25) is 5.32 Å². The van der Waals surface area contributed by atoms with Gasteiger partial charge in [-0.05, 0) is 31.5 Å². The van der Waals surface area contributed by atoms with Gasteiger partial charge in [-0.15, -0.1) is 0 Å². The summed E-state index contributed by atoms with van der Waals surface area (Å²) in [4.78, 5) is 22.7. The highest BCUT2D eigenvalue weighted by molar-refractivity contribution is 6.03. The first-order valence-electron chi connectivity index (χ1n) is 10.3. The van der Waals surface area contributed by atoms with Crippen LogP contribution in [0.3, 0.4) is 0 Å². The molecule has 1 aromatic carbocycles. The number of carbonyl (C=O) groups is 1. The number of fused-ring (bicyclic) bond motifs is 1. The van der Waals surface area contributed by atoms with Gasteiger partial charge in [0, 0.05) is 35.9 Å². The van der Waals surface area contributed by atoms with Crippen molar-refractivity contribution in [1.29, 1.82) is 0 Å². The van der Waals surface area contributed by atoms with Crippen molar-refractivity contribution < 1.29 is 27.4 Å². The summed E-state index contributed by atoms with van der Waals surface area (Å²) < 4.78 is 51.4. The molecule has 4 N–H and O–H groups in total. The lowest BCUT2D eigenvalue weighted by atomic mass is 10.0. The molecule has 1 aliphatic heterocycles. The molecule has 0 unspecified atom stereocenters. The van der Waals surface area contributed by atoms with Gasteiger partial charge in [0.2, 0.25) is 5.95 Å². The van der Waals surface area contributed by atoms with Crippen LogP contribution in [0.5, 0.6) is 5.75 Å². The maximum atomic E-state index is 13.8. The number of aromatic nitrogens is 3. The minimum atomic E-state index is -4.65. The molecule has 1 saturated heterocycles. The van der Waals surface area contributed by atoms with Crippen molar-refractivity contribution >= 4 is 28.6 Å². The molecule has 1 fully saturated rings. The van der Waals surface area contributed by atoms with Gasteiger partial charge in [-0.25, -0.2) is 14.8 Å². The first-order valence-corrected chi connectivity index (χ1v) is 10.3. The van der Waals surface area contributed by atoms with Crippen molar-refractivity contribution in [2.75, 3.05) is 37.9 Å². The van der Waals surface area contributed by atoms with Crippen molar-refractivity contribution in [1.82, 2.24) is 20.3 Å². The Kier molecular flexibility index (Phi) is 6.27. The second-order valence-electron chi connectivity index (χ2n) is 7.53. The first kappa shape index (κ1) is 22.6. The molecular formula is C21H23F3N6O3. The molecule has 0 saturated carbocycles. The summed E-state index contributed by atoms with van der Waals surface area (Å²) in [6.07, 6.45) is -1.31. The van der Waals surface area contributed by atoms with Crippen LogP contribution in [-0.4, -0.2) is 54.4 Å². The fraction of sp³-hybridized carbons (Fsp3) is 0.381. The molecule has 0 spiro atoms. The van der Waals surface area contributed by atoms with Gasteiger partial charge >= 0.3 is 12.3 Å². The molecule has 9 nitrogen and oxygen atoms in total. The predicted octanol–water partition coefficient (Wildman–Crippen LogP) is 3.99. The number of benzene rings is 1. The number of amides is 1. The van der Waals surface area contributed by atoms with Gasteiger partial charge in [-0.2, -0.15) is 13.2 Å². The molecule has 0 bridgehead atoms. The van der Waals surface area contributed by atoms with Crippen molar-refractivity contribution in [3.63, 3.8) is 0 Å². The Balaban J connectivity index is 1.80. The minimum Gasteiger partial charge on any atom is -0.492 e. The average Bonchev–Trinajstić information content (AvgIpc) is 3.23. The predicted molar refractivity (Wildman–Crippen MR) is 116 cm³/mol. The SMILES string of the molecule is COC(=O)Nc1ccc2c(-c3nc(N[C@H]4CCCNC4)ncc3C(F)(F)F)c[nH]c2c1OC. The Hall–Kier alpha value is -3.54. The maximum absolute atomic E-state index is 13.8. The Labute approximate surface area is 187 Å². The van der Waals surface area contributed by atoms with Gasteiger partial charge in [0.25, 0.3) is 0 Å². The van der Waals surface area contributed by atoms with Gasteiger partial charge < -0.3 is 25.1 Å². The lowest BCUT2D eigenvalue weighted by Crippen LogP contribution is -2.38. The fourth-order valence-electron chi connectivity index (χ4n) is 3.86. The number of nitrogens with one attached hydrogen (secondary N) is 4. The van der Waals surface area contributed by atoms with Gasteiger partial charge in [0.15, 0.2) is 5.75 Å². The van der Waals surface area contributed by atoms with E-state index < -0.39 is 17.8 Å². The van der Waals surface area contributed by atoms with Crippen LogP contribution in [0.15, 0.2) is 24.5 Å². The minimum absolute atomic E-state index is 0.0263. The summed E-state index contributed by atoms with van der Waals surface area (Å²) in [5.41, 5.74) is -0.278. The van der Waals surface area contributed by atoms with Gasteiger partial charge in [0.05, 0.1) is 31.1 Å². The number of ether oxygens (including phenoxy) is 2. The van der Waals surface area contributed by atoms with E-state index in [0.29, 0.717) is 23.1 Å². The number of piperidine rings is 1. The quantitative estimate of drug-likeness (QED) is 0.452. The molecule has 3 aromatic rings. The largest absolute Gasteiger partial charge is 0.492 e. The number of hydrogen-bond donors (Lipinski definition) is 4. The highest BCUT2D eigenvalue weighted by Gasteiger charge is 2.36. The summed E-state index contributed by atoms with van der Waals surface area (Å²) in [6, 6.07) is 3.13. The molecule has 1 aliphatic rings. The highest BCUT2D eigenvalue weighted by atomic mass is 19.4. The van der Waals surface area contributed by atoms with Crippen molar-refractivity contribution in [3.8, 4) is 17.0 Å². The van der Waals surface area contributed by atoms with E-state index in [1.807, 2.05) is 0 Å². The van der Waals surface area contributed by atoms with Crippen LogP contribution in [0.25, 0.3) is 22.2 Å². The third kappa shape index (κ3) is 4.65. The Morgan fingerprint density at radius 2 is 2.09 bits per heavy atom. The second-order valence-corrected chi connectivity index (χ2v) is 7.53. The normalized spacial score (nSPS) is 16.5. The van der Waals surface area contributed by atoms with Crippen LogP contribution in [-0.2, 0) is 10.9 Å². The molecular weight excluding hydrogens is 441 g/mol. The molecule has 33 heavy (non-hydrogen) atoms. The third-order valence-corrected chi connectivity index (χ3v) is 5.41. The molecule has 4 rings (SSSR count). The van der Waals surface area contributed by atoms with Gasteiger partial charge in [-0.1, -0.05) is 0 Å². The fourth-order valence-corrected chi connectivity index (χ4v) is 3.86. The molecule has 3 heterocycles. The average molecular weight is 464 g/mol. The summed E-state index contributed by atoms with van der Waals surface area (Å²) in [5, 5.41) is 9.31. The number of alkyl halides is 3. The zero-order chi connectivity index (χ0) is 23.6. The van der Waals surface area contributed by atoms with E-state index in [-0.39, 0.29) is 29.0 Å². The standard InChI is InChI=1S/C21H23F3N6O3/c1-32-18-15(29-20(31)33-2)6-5-12-13(9-26-17(12)18)16-14(21(22,23)24)10-27-19(30-16)28-11-4-3-7-25-8-11/h5-6,9-11,25-26H,3-4,7-8H2,1-2H3,(H,29,31)(H,27,28,30)/t11-/m0/s1. The van der Waals surface area contributed by atoms with E-state index in [0.717, 1.165) is 25.6 Å². The van der Waals surface area contributed by atoms with Crippen LogP contribution in [0.2, 0.25) is 0 Å². The zero-order valence-electron chi connectivity index (χ0n) is 18.0. The lowest BCUT2D eigenvalue weighted by molar-refractivity contribution is -0.137. The summed E-state index contributed by atoms with van der Waals surface area (Å²) in [6.45, 7) is 1.58. The van der Waals surface area contributed by atoms with Crippen LogP contribution in [0.4, 0.5) is 29.6 Å². The number of methoxy groups -OCH3 is 2. The highest BCUT2D eigenvalue weighted by Crippen LogP contribution is 2.42. The number of rotatable bonds is 5. The molecule has 1 amide bonds. The number of hydrogen-bond acceptors (Lipinski definition) is 7. The van der Waals surface area contributed by atoms with E-state index in [1.165, 1.54) is 26.5 Å². The van der Waals surface area contributed by atoms with Crippen molar-refractivity contribution in [3.05, 3.63) is 30.1 Å².